The lowest BCUT2D eigenvalue weighted by atomic mass is 9.73. The highest BCUT2D eigenvalue weighted by Gasteiger charge is 2.37. The molecule has 3 heterocycles. The lowest BCUT2D eigenvalue weighted by Crippen LogP contribution is -2.25. The first-order valence-electron chi connectivity index (χ1n) is 13.7. The number of rotatable bonds is 3. The standard InChI is InChI=1S/C36H25N3OS/c1-36(2)27-15-7-8-16-28(27)40-29-17-10-14-26(32(29)36)35-38-33(22-11-4-3-5-12-22)37-34(39-35)23-19-20-25-24-13-6-9-18-30(24)41-31(25)21-23/h3-21H,1-2H3. The summed E-state index contributed by atoms with van der Waals surface area (Å²) >= 11 is 1.80. The van der Waals surface area contributed by atoms with Crippen LogP contribution in [0.3, 0.4) is 0 Å². The summed E-state index contributed by atoms with van der Waals surface area (Å²) in [6.45, 7) is 4.48. The molecule has 8 rings (SSSR count). The Bertz CT molecular complexity index is 2110. The molecule has 5 aromatic carbocycles. The fourth-order valence-electron chi connectivity index (χ4n) is 5.98. The summed E-state index contributed by atoms with van der Waals surface area (Å²) in [5.74, 6) is 3.66. The van der Waals surface area contributed by atoms with Crippen molar-refractivity contribution in [1.82, 2.24) is 15.0 Å². The van der Waals surface area contributed by atoms with Crippen molar-refractivity contribution in [3.8, 4) is 45.7 Å². The molecule has 0 atom stereocenters. The van der Waals surface area contributed by atoms with Gasteiger partial charge in [-0.25, -0.2) is 15.0 Å². The Hall–Kier alpha value is -4.87. The number of thiophene rings is 1. The smallest absolute Gasteiger partial charge is 0.164 e. The molecule has 1 aliphatic rings. The molecule has 7 aromatic rings. The first kappa shape index (κ1) is 24.0. The van der Waals surface area contributed by atoms with E-state index in [0.29, 0.717) is 17.5 Å². The summed E-state index contributed by atoms with van der Waals surface area (Å²) in [6.07, 6.45) is 0. The topological polar surface area (TPSA) is 47.9 Å². The molecule has 5 heteroatoms. The maximum Gasteiger partial charge on any atom is 0.164 e. The van der Waals surface area contributed by atoms with E-state index in [4.69, 9.17) is 19.7 Å². The molecule has 0 spiro atoms. The summed E-state index contributed by atoms with van der Waals surface area (Å²) in [6, 6.07) is 39.6. The molecule has 0 unspecified atom stereocenters. The molecule has 1 aliphatic heterocycles. The van der Waals surface area contributed by atoms with E-state index in [0.717, 1.165) is 39.3 Å². The Morgan fingerprint density at radius 1 is 0.561 bits per heavy atom. The van der Waals surface area contributed by atoms with E-state index >= 15 is 0 Å². The van der Waals surface area contributed by atoms with E-state index in [1.807, 2.05) is 54.6 Å². The zero-order valence-electron chi connectivity index (χ0n) is 22.6. The van der Waals surface area contributed by atoms with Gasteiger partial charge < -0.3 is 4.74 Å². The molecule has 0 bridgehead atoms. The van der Waals surface area contributed by atoms with Crippen LogP contribution in [-0.4, -0.2) is 15.0 Å². The average molecular weight is 548 g/mol. The van der Waals surface area contributed by atoms with Crippen LogP contribution in [0.1, 0.15) is 25.0 Å². The normalized spacial score (nSPS) is 13.5. The quantitative estimate of drug-likeness (QED) is 0.221. The fourth-order valence-corrected chi connectivity index (χ4v) is 7.12. The van der Waals surface area contributed by atoms with Crippen LogP contribution in [0.2, 0.25) is 0 Å². The van der Waals surface area contributed by atoms with Crippen molar-refractivity contribution < 1.29 is 4.74 Å². The lowest BCUT2D eigenvalue weighted by molar-refractivity contribution is 0.418. The number of para-hydroxylation sites is 1. The average Bonchev–Trinajstić information content (AvgIpc) is 3.39. The number of nitrogens with zero attached hydrogens (tertiary/aromatic N) is 3. The molecule has 0 N–H and O–H groups in total. The number of benzene rings is 5. The van der Waals surface area contributed by atoms with E-state index in [1.165, 1.54) is 20.2 Å². The molecular weight excluding hydrogens is 522 g/mol. The SMILES string of the molecule is CC1(C)c2ccccc2Oc2cccc(-c3nc(-c4ccccc4)nc(-c4ccc5c(c4)sc4ccccc45)n3)c21. The number of hydrogen-bond donors (Lipinski definition) is 0. The van der Waals surface area contributed by atoms with Gasteiger partial charge in [-0.3, -0.25) is 0 Å². The Morgan fingerprint density at radius 3 is 2.12 bits per heavy atom. The van der Waals surface area contributed by atoms with Crippen LogP contribution in [0.25, 0.3) is 54.3 Å². The molecule has 4 nitrogen and oxygen atoms in total. The van der Waals surface area contributed by atoms with Gasteiger partial charge in [-0.1, -0.05) is 105 Å². The van der Waals surface area contributed by atoms with E-state index in [-0.39, 0.29) is 5.41 Å². The zero-order chi connectivity index (χ0) is 27.6. The molecule has 2 aromatic heterocycles. The number of aromatic nitrogens is 3. The monoisotopic (exact) mass is 547 g/mol. The highest BCUT2D eigenvalue weighted by atomic mass is 32.1. The third kappa shape index (κ3) is 3.85. The summed E-state index contributed by atoms with van der Waals surface area (Å²) in [5, 5.41) is 2.53. The number of ether oxygens (including phenoxy) is 1. The van der Waals surface area contributed by atoms with Crippen LogP contribution >= 0.6 is 11.3 Å². The van der Waals surface area contributed by atoms with Gasteiger partial charge in [0, 0.05) is 53.4 Å². The van der Waals surface area contributed by atoms with Gasteiger partial charge in [-0.2, -0.15) is 0 Å². The van der Waals surface area contributed by atoms with Crippen molar-refractivity contribution in [2.75, 3.05) is 0 Å². The second-order valence-corrected chi connectivity index (χ2v) is 12.0. The number of fused-ring (bicyclic) bond motifs is 5. The molecule has 0 saturated heterocycles. The molecule has 0 aliphatic carbocycles. The highest BCUT2D eigenvalue weighted by molar-refractivity contribution is 7.25. The van der Waals surface area contributed by atoms with E-state index in [2.05, 4.69) is 74.5 Å². The first-order valence-corrected chi connectivity index (χ1v) is 14.5. The number of hydrogen-bond acceptors (Lipinski definition) is 5. The maximum atomic E-state index is 6.41. The van der Waals surface area contributed by atoms with Gasteiger partial charge >= 0.3 is 0 Å². The maximum absolute atomic E-state index is 6.41. The Balaban J connectivity index is 1.35. The van der Waals surface area contributed by atoms with Crippen molar-refractivity contribution in [1.29, 1.82) is 0 Å². The zero-order valence-corrected chi connectivity index (χ0v) is 23.4. The van der Waals surface area contributed by atoms with Crippen LogP contribution < -0.4 is 4.74 Å². The molecule has 0 amide bonds. The summed E-state index contributed by atoms with van der Waals surface area (Å²) < 4.78 is 8.91. The van der Waals surface area contributed by atoms with Crippen molar-refractivity contribution in [2.24, 2.45) is 0 Å². The van der Waals surface area contributed by atoms with Crippen molar-refractivity contribution in [3.63, 3.8) is 0 Å². The molecule has 196 valence electrons. The minimum absolute atomic E-state index is 0.309. The Labute approximate surface area is 242 Å². The molecule has 0 saturated carbocycles. The van der Waals surface area contributed by atoms with Crippen LogP contribution in [0.5, 0.6) is 11.5 Å². The first-order chi connectivity index (χ1) is 20.1. The largest absolute Gasteiger partial charge is 0.457 e. The molecule has 0 radical (unpaired) electrons. The van der Waals surface area contributed by atoms with Crippen LogP contribution in [0.15, 0.2) is 115 Å². The summed E-state index contributed by atoms with van der Waals surface area (Å²) in [5.41, 5.74) is 4.78. The predicted octanol–water partition coefficient (Wildman–Crippen LogP) is 9.67. The predicted molar refractivity (Wildman–Crippen MR) is 168 cm³/mol. The Morgan fingerprint density at radius 2 is 1.24 bits per heavy atom. The van der Waals surface area contributed by atoms with Gasteiger partial charge in [0.1, 0.15) is 11.5 Å². The minimum Gasteiger partial charge on any atom is -0.457 e. The fraction of sp³-hybridized carbons (Fsp3) is 0.0833. The Kier molecular flexibility index (Phi) is 5.31. The van der Waals surface area contributed by atoms with Gasteiger partial charge in [-0.15, -0.1) is 11.3 Å². The van der Waals surface area contributed by atoms with Crippen LogP contribution in [-0.2, 0) is 5.41 Å². The second kappa shape index (κ2) is 9.08. The summed E-state index contributed by atoms with van der Waals surface area (Å²) in [7, 11) is 0. The van der Waals surface area contributed by atoms with Gasteiger partial charge in [0.05, 0.1) is 0 Å². The molecular formula is C36H25N3OS. The van der Waals surface area contributed by atoms with E-state index in [9.17, 15) is 0 Å². The van der Waals surface area contributed by atoms with Gasteiger partial charge in [-0.05, 0) is 24.3 Å². The van der Waals surface area contributed by atoms with Gasteiger partial charge in [0.25, 0.3) is 0 Å². The van der Waals surface area contributed by atoms with Crippen molar-refractivity contribution in [2.45, 2.75) is 19.3 Å². The lowest BCUT2D eigenvalue weighted by Gasteiger charge is -2.35. The molecule has 41 heavy (non-hydrogen) atoms. The van der Waals surface area contributed by atoms with Gasteiger partial charge in [0.2, 0.25) is 0 Å². The van der Waals surface area contributed by atoms with Crippen molar-refractivity contribution in [3.05, 3.63) is 126 Å². The van der Waals surface area contributed by atoms with Crippen LogP contribution in [0.4, 0.5) is 0 Å². The highest BCUT2D eigenvalue weighted by Crippen LogP contribution is 2.51. The van der Waals surface area contributed by atoms with E-state index < -0.39 is 0 Å². The minimum atomic E-state index is -0.309. The van der Waals surface area contributed by atoms with E-state index in [1.54, 1.807) is 11.3 Å². The third-order valence-electron chi connectivity index (χ3n) is 7.98. The van der Waals surface area contributed by atoms with Crippen molar-refractivity contribution >= 4 is 31.5 Å². The third-order valence-corrected chi connectivity index (χ3v) is 9.11. The summed E-state index contributed by atoms with van der Waals surface area (Å²) in [4.78, 5) is 15.2. The van der Waals surface area contributed by atoms with Crippen LogP contribution in [0, 0.1) is 0 Å². The molecule has 0 fully saturated rings. The van der Waals surface area contributed by atoms with Gasteiger partial charge in [0.15, 0.2) is 17.5 Å². The second-order valence-electron chi connectivity index (χ2n) is 10.9.